The van der Waals surface area contributed by atoms with Gasteiger partial charge in [-0.15, -0.1) is 24.0 Å². The van der Waals surface area contributed by atoms with E-state index in [0.717, 1.165) is 45.0 Å². The first-order chi connectivity index (χ1) is 12.7. The molecular formula is C19H36IN5OS. The number of halogens is 1. The van der Waals surface area contributed by atoms with Crippen molar-refractivity contribution in [1.82, 2.24) is 20.4 Å². The van der Waals surface area contributed by atoms with Crippen LogP contribution in [0.2, 0.25) is 0 Å². The van der Waals surface area contributed by atoms with Gasteiger partial charge < -0.3 is 15.5 Å². The molecule has 156 valence electrons. The summed E-state index contributed by atoms with van der Waals surface area (Å²) in [5.41, 5.74) is 0.274. The van der Waals surface area contributed by atoms with E-state index < -0.39 is 0 Å². The van der Waals surface area contributed by atoms with E-state index in [4.69, 9.17) is 0 Å². The van der Waals surface area contributed by atoms with Crippen molar-refractivity contribution in [3.8, 4) is 0 Å². The maximum Gasteiger partial charge on any atom is 0.244 e. The Balaban J connectivity index is 0.00000261. The molecule has 27 heavy (non-hydrogen) atoms. The molecule has 0 unspecified atom stereocenters. The Hall–Kier alpha value is -0.220. The molecule has 1 saturated carbocycles. The van der Waals surface area contributed by atoms with Crippen LogP contribution in [0.25, 0.3) is 0 Å². The van der Waals surface area contributed by atoms with E-state index in [1.54, 1.807) is 0 Å². The van der Waals surface area contributed by atoms with E-state index in [9.17, 15) is 4.79 Å². The number of carbonyl (C=O) groups excluding carboxylic acids is 1. The zero-order valence-electron chi connectivity index (χ0n) is 16.7. The van der Waals surface area contributed by atoms with Crippen LogP contribution in [-0.2, 0) is 4.79 Å². The average molecular weight is 510 g/mol. The SMILES string of the molecule is CCNC(=NCC(=O)N1CCCC1)NCC1(N2CCSCC2)CCCC1.I. The number of likely N-dealkylation sites (tertiary alicyclic amines) is 1. The van der Waals surface area contributed by atoms with Gasteiger partial charge in [0.05, 0.1) is 0 Å². The third kappa shape index (κ3) is 6.39. The summed E-state index contributed by atoms with van der Waals surface area (Å²) in [5.74, 6) is 3.45. The lowest BCUT2D eigenvalue weighted by atomic mass is 9.94. The first-order valence-electron chi connectivity index (χ1n) is 10.4. The highest BCUT2D eigenvalue weighted by atomic mass is 127. The van der Waals surface area contributed by atoms with Gasteiger partial charge in [0.1, 0.15) is 6.54 Å². The van der Waals surface area contributed by atoms with Gasteiger partial charge in [-0.2, -0.15) is 11.8 Å². The van der Waals surface area contributed by atoms with Gasteiger partial charge in [-0.05, 0) is 32.6 Å². The summed E-state index contributed by atoms with van der Waals surface area (Å²) in [5, 5.41) is 6.88. The van der Waals surface area contributed by atoms with Crippen molar-refractivity contribution in [2.24, 2.45) is 4.99 Å². The van der Waals surface area contributed by atoms with E-state index >= 15 is 0 Å². The molecule has 6 nitrogen and oxygen atoms in total. The van der Waals surface area contributed by atoms with E-state index in [-0.39, 0.29) is 42.0 Å². The lowest BCUT2D eigenvalue weighted by molar-refractivity contribution is -0.128. The summed E-state index contributed by atoms with van der Waals surface area (Å²) < 4.78 is 0. The van der Waals surface area contributed by atoms with Crippen LogP contribution in [0.1, 0.15) is 45.4 Å². The normalized spacial score (nSPS) is 23.1. The predicted octanol–water partition coefficient (Wildman–Crippen LogP) is 2.14. The third-order valence-corrected chi connectivity index (χ3v) is 6.92. The van der Waals surface area contributed by atoms with Gasteiger partial charge in [0.2, 0.25) is 5.91 Å². The fraction of sp³-hybridized carbons (Fsp3) is 0.895. The third-order valence-electron chi connectivity index (χ3n) is 5.98. The van der Waals surface area contributed by atoms with Crippen LogP contribution in [0.3, 0.4) is 0 Å². The standard InChI is InChI=1S/C19H35N5OS.HI/c1-2-20-18(21-15-17(25)23-9-5-6-10-23)22-16-19(7-3-4-8-19)24-11-13-26-14-12-24;/h2-16H2,1H3,(H2,20,21,22);1H. The Morgan fingerprint density at radius 1 is 1.04 bits per heavy atom. The van der Waals surface area contributed by atoms with Crippen LogP contribution in [0.4, 0.5) is 0 Å². The minimum Gasteiger partial charge on any atom is -0.357 e. The van der Waals surface area contributed by atoms with E-state index in [1.165, 1.54) is 50.3 Å². The highest BCUT2D eigenvalue weighted by Gasteiger charge is 2.40. The minimum absolute atomic E-state index is 0. The monoisotopic (exact) mass is 509 g/mol. The molecule has 0 aromatic carbocycles. The fourth-order valence-corrected chi connectivity index (χ4v) is 5.38. The molecule has 2 saturated heterocycles. The number of hydrogen-bond donors (Lipinski definition) is 2. The fourth-order valence-electron chi connectivity index (χ4n) is 4.48. The second-order valence-corrected chi connectivity index (χ2v) is 8.89. The Kier molecular flexibility index (Phi) is 10.00. The molecule has 3 aliphatic rings. The van der Waals surface area contributed by atoms with Gasteiger partial charge in [-0.3, -0.25) is 9.69 Å². The Bertz CT molecular complexity index is 486. The smallest absolute Gasteiger partial charge is 0.244 e. The largest absolute Gasteiger partial charge is 0.357 e. The number of nitrogens with one attached hydrogen (secondary N) is 2. The van der Waals surface area contributed by atoms with Crippen molar-refractivity contribution in [3.63, 3.8) is 0 Å². The van der Waals surface area contributed by atoms with Gasteiger partial charge in [0.15, 0.2) is 5.96 Å². The quantitative estimate of drug-likeness (QED) is 0.327. The van der Waals surface area contributed by atoms with Gasteiger partial charge in [-0.1, -0.05) is 12.8 Å². The van der Waals surface area contributed by atoms with Crippen molar-refractivity contribution in [1.29, 1.82) is 0 Å². The van der Waals surface area contributed by atoms with Crippen LogP contribution in [0.5, 0.6) is 0 Å². The Labute approximate surface area is 185 Å². The number of nitrogens with zero attached hydrogens (tertiary/aromatic N) is 3. The molecule has 3 rings (SSSR count). The summed E-state index contributed by atoms with van der Waals surface area (Å²) in [7, 11) is 0. The first kappa shape index (κ1) is 23.1. The number of carbonyl (C=O) groups is 1. The lowest BCUT2D eigenvalue weighted by Crippen LogP contribution is -2.57. The van der Waals surface area contributed by atoms with Gasteiger partial charge in [0, 0.05) is 56.3 Å². The van der Waals surface area contributed by atoms with Gasteiger partial charge in [0.25, 0.3) is 0 Å². The summed E-state index contributed by atoms with van der Waals surface area (Å²) >= 11 is 2.07. The van der Waals surface area contributed by atoms with Crippen LogP contribution in [0.15, 0.2) is 4.99 Å². The molecular weight excluding hydrogens is 473 g/mol. The van der Waals surface area contributed by atoms with Crippen LogP contribution < -0.4 is 10.6 Å². The predicted molar refractivity (Wildman–Crippen MR) is 125 cm³/mol. The maximum atomic E-state index is 12.3. The molecule has 2 heterocycles. The Morgan fingerprint density at radius 3 is 2.33 bits per heavy atom. The van der Waals surface area contributed by atoms with Crippen LogP contribution in [0, 0.1) is 0 Å². The van der Waals surface area contributed by atoms with E-state index in [1.807, 2.05) is 4.90 Å². The number of rotatable bonds is 6. The molecule has 2 aliphatic heterocycles. The van der Waals surface area contributed by atoms with Crippen molar-refractivity contribution in [2.45, 2.75) is 51.0 Å². The summed E-state index contributed by atoms with van der Waals surface area (Å²) in [6.07, 6.45) is 7.46. The van der Waals surface area contributed by atoms with Crippen molar-refractivity contribution < 1.29 is 4.79 Å². The highest BCUT2D eigenvalue weighted by molar-refractivity contribution is 14.0. The van der Waals surface area contributed by atoms with Crippen molar-refractivity contribution in [2.75, 3.05) is 57.3 Å². The van der Waals surface area contributed by atoms with Crippen molar-refractivity contribution >= 4 is 47.6 Å². The average Bonchev–Trinajstić information content (AvgIpc) is 3.37. The number of guanidine groups is 1. The van der Waals surface area contributed by atoms with Gasteiger partial charge >= 0.3 is 0 Å². The molecule has 1 amide bonds. The molecule has 2 N–H and O–H groups in total. The van der Waals surface area contributed by atoms with E-state index in [0.29, 0.717) is 0 Å². The topological polar surface area (TPSA) is 60.0 Å². The molecule has 0 aromatic rings. The van der Waals surface area contributed by atoms with Crippen LogP contribution in [-0.4, -0.2) is 84.5 Å². The maximum absolute atomic E-state index is 12.3. The number of amides is 1. The first-order valence-corrected chi connectivity index (χ1v) is 11.5. The number of aliphatic imine (C=N–C) groups is 1. The van der Waals surface area contributed by atoms with Crippen LogP contribution >= 0.6 is 35.7 Å². The molecule has 0 spiro atoms. The molecule has 0 atom stereocenters. The molecule has 8 heteroatoms. The molecule has 0 aromatic heterocycles. The summed E-state index contributed by atoms with van der Waals surface area (Å²) in [4.78, 5) is 21.5. The molecule has 0 radical (unpaired) electrons. The van der Waals surface area contributed by atoms with E-state index in [2.05, 4.69) is 39.2 Å². The zero-order chi connectivity index (χ0) is 18.2. The second-order valence-electron chi connectivity index (χ2n) is 7.67. The van der Waals surface area contributed by atoms with Gasteiger partial charge in [-0.25, -0.2) is 4.99 Å². The lowest BCUT2D eigenvalue weighted by Gasteiger charge is -2.43. The van der Waals surface area contributed by atoms with Crippen molar-refractivity contribution in [3.05, 3.63) is 0 Å². The highest BCUT2D eigenvalue weighted by Crippen LogP contribution is 2.36. The molecule has 0 bridgehead atoms. The summed E-state index contributed by atoms with van der Waals surface area (Å²) in [6.45, 7) is 8.28. The summed E-state index contributed by atoms with van der Waals surface area (Å²) in [6, 6.07) is 0. The zero-order valence-corrected chi connectivity index (χ0v) is 19.8. The molecule has 1 aliphatic carbocycles. The number of thioether (sulfide) groups is 1. The molecule has 3 fully saturated rings. The second kappa shape index (κ2) is 11.7. The minimum atomic E-state index is 0. The number of hydrogen-bond acceptors (Lipinski definition) is 4. The Morgan fingerprint density at radius 2 is 1.70 bits per heavy atom.